The Morgan fingerprint density at radius 3 is 2.52 bits per heavy atom. The molecule has 0 spiro atoms. The van der Waals surface area contributed by atoms with Crippen molar-refractivity contribution in [1.82, 2.24) is 4.90 Å². The van der Waals surface area contributed by atoms with Crippen molar-refractivity contribution >= 4 is 6.09 Å². The Kier molecular flexibility index (Phi) is 4.15. The first-order valence-electron chi connectivity index (χ1n) is 9.39. The van der Waals surface area contributed by atoms with Gasteiger partial charge in [-0.3, -0.25) is 4.90 Å². The molecule has 2 atom stereocenters. The van der Waals surface area contributed by atoms with E-state index in [4.69, 9.17) is 23.7 Å². The smallest absolute Gasteiger partial charge is 0.411 e. The molecule has 0 radical (unpaired) electrons. The van der Waals surface area contributed by atoms with Crippen LogP contribution in [-0.4, -0.2) is 51.1 Å². The highest BCUT2D eigenvalue weighted by molar-refractivity contribution is 5.73. The minimum Gasteiger partial charge on any atom is -0.493 e. The molecule has 29 heavy (non-hydrogen) atoms. The molecule has 2 aromatic rings. The van der Waals surface area contributed by atoms with E-state index < -0.39 is 18.0 Å². The molecule has 0 unspecified atom stereocenters. The third kappa shape index (κ3) is 2.73. The second-order valence-electron chi connectivity index (χ2n) is 7.18. The first-order valence-corrected chi connectivity index (χ1v) is 9.39. The maximum Gasteiger partial charge on any atom is 0.411 e. The molecule has 0 aromatic heterocycles. The van der Waals surface area contributed by atoms with Gasteiger partial charge in [-0.05, 0) is 47.4 Å². The number of fused-ring (bicyclic) bond motifs is 3. The summed E-state index contributed by atoms with van der Waals surface area (Å²) in [5.74, 6) is 1.03. The number of benzene rings is 2. The molecule has 1 saturated heterocycles. The van der Waals surface area contributed by atoms with E-state index in [1.807, 2.05) is 12.1 Å². The number of hydrogen-bond acceptors (Lipinski definition) is 6. The fraction of sp³-hybridized carbons (Fsp3) is 0.381. The Morgan fingerprint density at radius 1 is 1.03 bits per heavy atom. The van der Waals surface area contributed by atoms with Gasteiger partial charge in [0.1, 0.15) is 19.8 Å². The Labute approximate surface area is 166 Å². The lowest BCUT2D eigenvalue weighted by atomic mass is 9.85. The molecule has 2 aromatic carbocycles. The first kappa shape index (κ1) is 17.9. The standard InChI is InChI=1S/C21H20FNO6/c1-25-18-8-12(6-15(22)20(18)26-2)19-14-9-17-16(27-3-4-28-17)7-11(14)5-13-10-29-21(24)23(13)19/h6-9,13,19H,3-5,10H2,1-2H3/t13-,19+/m0/s1. The summed E-state index contributed by atoms with van der Waals surface area (Å²) in [5.41, 5.74) is 2.45. The molecular formula is C21H20FNO6. The molecule has 152 valence electrons. The zero-order valence-corrected chi connectivity index (χ0v) is 16.1. The summed E-state index contributed by atoms with van der Waals surface area (Å²) in [5, 5.41) is 0. The maximum atomic E-state index is 14.8. The summed E-state index contributed by atoms with van der Waals surface area (Å²) in [4.78, 5) is 14.2. The van der Waals surface area contributed by atoms with Gasteiger partial charge in [0.05, 0.1) is 26.3 Å². The van der Waals surface area contributed by atoms with E-state index in [1.54, 1.807) is 11.0 Å². The van der Waals surface area contributed by atoms with Crippen molar-refractivity contribution in [3.63, 3.8) is 0 Å². The van der Waals surface area contributed by atoms with Gasteiger partial charge in [-0.25, -0.2) is 9.18 Å². The van der Waals surface area contributed by atoms with Crippen molar-refractivity contribution in [2.75, 3.05) is 34.0 Å². The molecule has 0 bridgehead atoms. The fourth-order valence-corrected chi connectivity index (χ4v) is 4.36. The number of cyclic esters (lactones) is 1. The SMILES string of the molecule is COc1cc([C@@H]2c3cc4c(cc3C[C@H]3COC(=O)N32)OCCO4)cc(F)c1OC. The van der Waals surface area contributed by atoms with Gasteiger partial charge >= 0.3 is 6.09 Å². The average Bonchev–Trinajstić information content (AvgIpc) is 3.10. The van der Waals surface area contributed by atoms with Gasteiger partial charge in [0.15, 0.2) is 28.8 Å². The van der Waals surface area contributed by atoms with E-state index in [2.05, 4.69) is 0 Å². The normalized spacial score (nSPS) is 21.9. The molecule has 3 aliphatic rings. The van der Waals surface area contributed by atoms with E-state index in [-0.39, 0.29) is 17.5 Å². The molecule has 0 saturated carbocycles. The number of carbonyl (C=O) groups is 1. The zero-order valence-electron chi connectivity index (χ0n) is 16.1. The summed E-state index contributed by atoms with van der Waals surface area (Å²) < 4.78 is 42.0. The van der Waals surface area contributed by atoms with Gasteiger partial charge in [0.2, 0.25) is 0 Å². The highest BCUT2D eigenvalue weighted by Gasteiger charge is 2.45. The number of amides is 1. The Bertz CT molecular complexity index is 994. The third-order valence-electron chi connectivity index (χ3n) is 5.61. The predicted molar refractivity (Wildman–Crippen MR) is 99.5 cm³/mol. The molecule has 8 heteroatoms. The molecule has 3 heterocycles. The van der Waals surface area contributed by atoms with Crippen molar-refractivity contribution in [2.45, 2.75) is 18.5 Å². The molecule has 1 fully saturated rings. The van der Waals surface area contributed by atoms with Gasteiger partial charge in [0.25, 0.3) is 0 Å². The monoisotopic (exact) mass is 401 g/mol. The molecular weight excluding hydrogens is 381 g/mol. The van der Waals surface area contributed by atoms with Gasteiger partial charge < -0.3 is 23.7 Å². The third-order valence-corrected chi connectivity index (χ3v) is 5.61. The highest BCUT2D eigenvalue weighted by atomic mass is 19.1. The van der Waals surface area contributed by atoms with Crippen LogP contribution in [0, 0.1) is 5.82 Å². The van der Waals surface area contributed by atoms with Crippen molar-refractivity contribution in [2.24, 2.45) is 0 Å². The van der Waals surface area contributed by atoms with Crippen LogP contribution in [0.4, 0.5) is 9.18 Å². The van der Waals surface area contributed by atoms with Crippen LogP contribution in [0.5, 0.6) is 23.0 Å². The summed E-state index contributed by atoms with van der Waals surface area (Å²) in [6, 6.07) is 6.23. The number of carbonyl (C=O) groups excluding carboxylic acids is 1. The molecule has 1 amide bonds. The first-order chi connectivity index (χ1) is 14.1. The molecule has 3 aliphatic heterocycles. The number of rotatable bonds is 3. The topological polar surface area (TPSA) is 66.5 Å². The second-order valence-corrected chi connectivity index (χ2v) is 7.18. The lowest BCUT2D eigenvalue weighted by Gasteiger charge is -2.38. The quantitative estimate of drug-likeness (QED) is 0.788. The maximum absolute atomic E-state index is 14.8. The van der Waals surface area contributed by atoms with Crippen LogP contribution >= 0.6 is 0 Å². The van der Waals surface area contributed by atoms with E-state index in [1.165, 1.54) is 20.3 Å². The largest absolute Gasteiger partial charge is 0.493 e. The van der Waals surface area contributed by atoms with Gasteiger partial charge in [-0.2, -0.15) is 0 Å². The van der Waals surface area contributed by atoms with Crippen molar-refractivity contribution in [3.8, 4) is 23.0 Å². The van der Waals surface area contributed by atoms with Crippen molar-refractivity contribution < 1.29 is 32.9 Å². The minimum absolute atomic E-state index is 0.0232. The van der Waals surface area contributed by atoms with Crippen LogP contribution in [0.2, 0.25) is 0 Å². The van der Waals surface area contributed by atoms with E-state index in [0.717, 1.165) is 11.1 Å². The summed E-state index contributed by atoms with van der Waals surface area (Å²) >= 11 is 0. The van der Waals surface area contributed by atoms with Crippen LogP contribution in [0.25, 0.3) is 0 Å². The Balaban J connectivity index is 1.70. The molecule has 7 nitrogen and oxygen atoms in total. The van der Waals surface area contributed by atoms with Crippen molar-refractivity contribution in [3.05, 3.63) is 46.8 Å². The van der Waals surface area contributed by atoms with Crippen LogP contribution in [-0.2, 0) is 11.2 Å². The molecule has 0 N–H and O–H groups in total. The highest BCUT2D eigenvalue weighted by Crippen LogP contribution is 2.46. The van der Waals surface area contributed by atoms with Gasteiger partial charge in [-0.1, -0.05) is 0 Å². The molecule has 0 aliphatic carbocycles. The number of halogens is 1. The Morgan fingerprint density at radius 2 is 1.79 bits per heavy atom. The lowest BCUT2D eigenvalue weighted by Crippen LogP contribution is -2.43. The number of nitrogens with zero attached hydrogens (tertiary/aromatic N) is 1. The summed E-state index contributed by atoms with van der Waals surface area (Å²) in [7, 11) is 2.83. The summed E-state index contributed by atoms with van der Waals surface area (Å²) in [6.07, 6.45) is 0.208. The molecule has 5 rings (SSSR count). The number of hydrogen-bond donors (Lipinski definition) is 0. The minimum atomic E-state index is -0.560. The van der Waals surface area contributed by atoms with E-state index in [0.29, 0.717) is 43.3 Å². The Hall–Kier alpha value is -3.16. The van der Waals surface area contributed by atoms with Crippen LogP contribution in [0.1, 0.15) is 22.7 Å². The number of ether oxygens (including phenoxy) is 5. The van der Waals surface area contributed by atoms with Crippen LogP contribution in [0.3, 0.4) is 0 Å². The fourth-order valence-electron chi connectivity index (χ4n) is 4.36. The number of methoxy groups -OCH3 is 2. The predicted octanol–water partition coefficient (Wildman–Crippen LogP) is 3.08. The van der Waals surface area contributed by atoms with Gasteiger partial charge in [0, 0.05) is 0 Å². The van der Waals surface area contributed by atoms with Gasteiger partial charge in [-0.15, -0.1) is 0 Å². The van der Waals surface area contributed by atoms with Crippen LogP contribution in [0.15, 0.2) is 24.3 Å². The second kappa shape index (κ2) is 6.72. The lowest BCUT2D eigenvalue weighted by molar-refractivity contribution is 0.146. The van der Waals surface area contributed by atoms with Crippen LogP contribution < -0.4 is 18.9 Å². The van der Waals surface area contributed by atoms with E-state index >= 15 is 0 Å². The summed E-state index contributed by atoms with van der Waals surface area (Å²) in [6.45, 7) is 1.24. The van der Waals surface area contributed by atoms with Crippen molar-refractivity contribution in [1.29, 1.82) is 0 Å². The van der Waals surface area contributed by atoms with E-state index in [9.17, 15) is 9.18 Å². The zero-order chi connectivity index (χ0) is 20.1. The average molecular weight is 401 g/mol.